The minimum Gasteiger partial charge on any atom is -0.382 e. The molecular weight excluding hydrogens is 238 g/mol. The molecule has 0 saturated heterocycles. The Hall–Kier alpha value is -1.81. The Bertz CT molecular complexity index is 490. The summed E-state index contributed by atoms with van der Waals surface area (Å²) in [7, 11) is 0. The molecule has 0 atom stereocenters. The number of hydrogen-bond acceptors (Lipinski definition) is 3. The summed E-state index contributed by atoms with van der Waals surface area (Å²) in [6, 6.07) is 8.30. The number of benzene rings is 1. The summed E-state index contributed by atoms with van der Waals surface area (Å²) in [6.45, 7) is 6.57. The van der Waals surface area contributed by atoms with Gasteiger partial charge in [-0.1, -0.05) is 17.7 Å². The van der Waals surface area contributed by atoms with Crippen molar-refractivity contribution in [2.75, 3.05) is 18.5 Å². The Balaban J connectivity index is 1.93. The molecule has 0 amide bonds. The van der Waals surface area contributed by atoms with E-state index < -0.39 is 0 Å². The minimum absolute atomic E-state index is 0.776. The summed E-state index contributed by atoms with van der Waals surface area (Å²) in [5.74, 6) is 0.875. The van der Waals surface area contributed by atoms with Crippen LogP contribution < -0.4 is 5.32 Å². The van der Waals surface area contributed by atoms with Gasteiger partial charge in [0.1, 0.15) is 0 Å². The Morgan fingerprint density at radius 1 is 1.26 bits per heavy atom. The molecule has 0 spiro atoms. The van der Waals surface area contributed by atoms with Crippen molar-refractivity contribution in [1.29, 1.82) is 0 Å². The van der Waals surface area contributed by atoms with Crippen LogP contribution in [0, 0.1) is 6.92 Å². The standard InChI is InChI=1S/C15H21N3O/c1-3-19-12-4-10-18-11-9-16-15(18)17-14-7-5-13(2)6-8-14/h5-9,11H,3-4,10,12H2,1-2H3,(H,16,17). The zero-order chi connectivity index (χ0) is 13.5. The average molecular weight is 259 g/mol. The zero-order valence-electron chi connectivity index (χ0n) is 11.6. The lowest BCUT2D eigenvalue weighted by Gasteiger charge is -2.10. The van der Waals surface area contributed by atoms with Crippen LogP contribution in [0.15, 0.2) is 36.7 Å². The second kappa shape index (κ2) is 6.95. The van der Waals surface area contributed by atoms with Crippen LogP contribution >= 0.6 is 0 Å². The molecule has 4 heteroatoms. The topological polar surface area (TPSA) is 39.1 Å². The van der Waals surface area contributed by atoms with Crippen LogP contribution in [0.4, 0.5) is 11.6 Å². The first-order valence-electron chi connectivity index (χ1n) is 6.72. The van der Waals surface area contributed by atoms with Gasteiger partial charge in [0.05, 0.1) is 0 Å². The number of aryl methyl sites for hydroxylation is 2. The van der Waals surface area contributed by atoms with Crippen molar-refractivity contribution in [2.45, 2.75) is 26.8 Å². The van der Waals surface area contributed by atoms with Crippen molar-refractivity contribution in [1.82, 2.24) is 9.55 Å². The SMILES string of the molecule is CCOCCCn1ccnc1Nc1ccc(C)cc1. The van der Waals surface area contributed by atoms with E-state index in [-0.39, 0.29) is 0 Å². The summed E-state index contributed by atoms with van der Waals surface area (Å²) < 4.78 is 7.46. The first kappa shape index (κ1) is 13.6. The van der Waals surface area contributed by atoms with Crippen molar-refractivity contribution < 1.29 is 4.74 Å². The molecule has 1 heterocycles. The van der Waals surface area contributed by atoms with Crippen molar-refractivity contribution in [2.24, 2.45) is 0 Å². The lowest BCUT2D eigenvalue weighted by Crippen LogP contribution is -2.05. The number of anilines is 2. The highest BCUT2D eigenvalue weighted by Crippen LogP contribution is 2.15. The third-order valence-corrected chi connectivity index (χ3v) is 2.92. The molecule has 1 N–H and O–H groups in total. The van der Waals surface area contributed by atoms with E-state index in [0.717, 1.165) is 37.8 Å². The van der Waals surface area contributed by atoms with Gasteiger partial charge in [-0.2, -0.15) is 0 Å². The average Bonchev–Trinajstić information content (AvgIpc) is 2.85. The van der Waals surface area contributed by atoms with Gasteiger partial charge in [0.15, 0.2) is 0 Å². The van der Waals surface area contributed by atoms with Crippen LogP contribution in [0.3, 0.4) is 0 Å². The van der Waals surface area contributed by atoms with E-state index in [9.17, 15) is 0 Å². The molecule has 0 bridgehead atoms. The molecule has 0 fully saturated rings. The predicted molar refractivity (Wildman–Crippen MR) is 77.8 cm³/mol. The Morgan fingerprint density at radius 3 is 2.79 bits per heavy atom. The van der Waals surface area contributed by atoms with Gasteiger partial charge in [0.25, 0.3) is 0 Å². The smallest absolute Gasteiger partial charge is 0.207 e. The molecular formula is C15H21N3O. The van der Waals surface area contributed by atoms with E-state index >= 15 is 0 Å². The van der Waals surface area contributed by atoms with E-state index in [4.69, 9.17) is 4.74 Å². The van der Waals surface area contributed by atoms with Crippen LogP contribution in [-0.2, 0) is 11.3 Å². The fourth-order valence-electron chi connectivity index (χ4n) is 1.86. The van der Waals surface area contributed by atoms with Crippen LogP contribution in [-0.4, -0.2) is 22.8 Å². The predicted octanol–water partition coefficient (Wildman–Crippen LogP) is 3.36. The fourth-order valence-corrected chi connectivity index (χ4v) is 1.86. The van der Waals surface area contributed by atoms with Gasteiger partial charge < -0.3 is 14.6 Å². The number of hydrogen-bond donors (Lipinski definition) is 1. The van der Waals surface area contributed by atoms with Gasteiger partial charge >= 0.3 is 0 Å². The number of aromatic nitrogens is 2. The van der Waals surface area contributed by atoms with Gasteiger partial charge in [-0.3, -0.25) is 0 Å². The molecule has 2 rings (SSSR count). The molecule has 1 aromatic heterocycles. The molecule has 1 aromatic carbocycles. The van der Waals surface area contributed by atoms with E-state index in [1.54, 1.807) is 0 Å². The Kier molecular flexibility index (Phi) is 4.98. The molecule has 2 aromatic rings. The van der Waals surface area contributed by atoms with Gasteiger partial charge in [0, 0.05) is 37.8 Å². The largest absolute Gasteiger partial charge is 0.382 e. The van der Waals surface area contributed by atoms with Gasteiger partial charge in [-0.05, 0) is 32.4 Å². The molecule has 4 nitrogen and oxygen atoms in total. The van der Waals surface area contributed by atoms with Crippen LogP contribution in [0.25, 0.3) is 0 Å². The number of rotatable bonds is 7. The molecule has 0 aliphatic heterocycles. The summed E-state index contributed by atoms with van der Waals surface area (Å²) >= 11 is 0. The Morgan fingerprint density at radius 2 is 2.05 bits per heavy atom. The lowest BCUT2D eigenvalue weighted by molar-refractivity contribution is 0.142. The molecule has 102 valence electrons. The minimum atomic E-state index is 0.776. The van der Waals surface area contributed by atoms with E-state index in [1.807, 2.05) is 19.3 Å². The molecule has 0 aliphatic carbocycles. The lowest BCUT2D eigenvalue weighted by atomic mass is 10.2. The number of ether oxygens (including phenoxy) is 1. The fraction of sp³-hybridized carbons (Fsp3) is 0.400. The van der Waals surface area contributed by atoms with Crippen molar-refractivity contribution in [3.8, 4) is 0 Å². The van der Waals surface area contributed by atoms with E-state index in [1.165, 1.54) is 5.56 Å². The second-order valence-corrected chi connectivity index (χ2v) is 4.49. The Labute approximate surface area is 114 Å². The first-order valence-corrected chi connectivity index (χ1v) is 6.72. The number of nitrogens with one attached hydrogen (secondary N) is 1. The van der Waals surface area contributed by atoms with Gasteiger partial charge in [-0.25, -0.2) is 4.98 Å². The summed E-state index contributed by atoms with van der Waals surface area (Å²) in [6.07, 6.45) is 4.80. The number of imidazole rings is 1. The van der Waals surface area contributed by atoms with Crippen molar-refractivity contribution in [3.05, 3.63) is 42.2 Å². The maximum Gasteiger partial charge on any atom is 0.207 e. The molecule has 19 heavy (non-hydrogen) atoms. The third kappa shape index (κ3) is 4.10. The maximum atomic E-state index is 5.35. The van der Waals surface area contributed by atoms with Crippen LogP contribution in [0.5, 0.6) is 0 Å². The van der Waals surface area contributed by atoms with Crippen molar-refractivity contribution >= 4 is 11.6 Å². The van der Waals surface area contributed by atoms with Crippen LogP contribution in [0.2, 0.25) is 0 Å². The maximum absolute atomic E-state index is 5.35. The van der Waals surface area contributed by atoms with E-state index in [2.05, 4.69) is 46.1 Å². The zero-order valence-corrected chi connectivity index (χ0v) is 11.6. The highest BCUT2D eigenvalue weighted by Gasteiger charge is 2.02. The first-order chi connectivity index (χ1) is 9.29. The summed E-state index contributed by atoms with van der Waals surface area (Å²) in [5, 5.41) is 3.33. The quantitative estimate of drug-likeness (QED) is 0.775. The summed E-state index contributed by atoms with van der Waals surface area (Å²) in [4.78, 5) is 4.34. The molecule has 0 radical (unpaired) electrons. The molecule has 0 unspecified atom stereocenters. The summed E-state index contributed by atoms with van der Waals surface area (Å²) in [5.41, 5.74) is 2.31. The second-order valence-electron chi connectivity index (χ2n) is 4.49. The normalized spacial score (nSPS) is 10.6. The highest BCUT2D eigenvalue weighted by atomic mass is 16.5. The van der Waals surface area contributed by atoms with Gasteiger partial charge in [-0.15, -0.1) is 0 Å². The molecule has 0 saturated carbocycles. The van der Waals surface area contributed by atoms with Gasteiger partial charge in [0.2, 0.25) is 5.95 Å². The highest BCUT2D eigenvalue weighted by molar-refractivity contribution is 5.53. The monoisotopic (exact) mass is 259 g/mol. The van der Waals surface area contributed by atoms with E-state index in [0.29, 0.717) is 0 Å². The third-order valence-electron chi connectivity index (χ3n) is 2.92. The van der Waals surface area contributed by atoms with Crippen molar-refractivity contribution in [3.63, 3.8) is 0 Å². The van der Waals surface area contributed by atoms with Crippen LogP contribution in [0.1, 0.15) is 18.9 Å². The number of nitrogens with zero attached hydrogens (tertiary/aromatic N) is 2. The molecule has 0 aliphatic rings.